The average molecular weight is 301 g/mol. The lowest BCUT2D eigenvalue weighted by molar-refractivity contribution is -0.385. The van der Waals surface area contributed by atoms with Gasteiger partial charge in [0.15, 0.2) is 0 Å². The second-order valence-corrected chi connectivity index (χ2v) is 3.73. The molecular formula is C9H5BrN2O5. The number of carbonyl (C=O) groups is 1. The Kier molecular flexibility index (Phi) is 4.01. The lowest BCUT2D eigenvalue weighted by atomic mass is 10.1. The minimum Gasteiger partial charge on any atom is -0.450 e. The smallest absolute Gasteiger partial charge is 0.450 e. The highest BCUT2D eigenvalue weighted by Gasteiger charge is 2.20. The second kappa shape index (κ2) is 5.27. The lowest BCUT2D eigenvalue weighted by Crippen LogP contribution is -2.04. The zero-order valence-electron chi connectivity index (χ0n) is 8.21. The van der Waals surface area contributed by atoms with Crippen molar-refractivity contribution >= 4 is 27.8 Å². The first-order chi connectivity index (χ1) is 7.95. The Morgan fingerprint density at radius 1 is 1.65 bits per heavy atom. The summed E-state index contributed by atoms with van der Waals surface area (Å²) in [5.74, 6) is 0. The summed E-state index contributed by atoms with van der Waals surface area (Å²) in [5.41, 5.74) is -0.198. The molecule has 8 heteroatoms. The van der Waals surface area contributed by atoms with Crippen LogP contribution in [-0.2, 0) is 11.3 Å². The number of halogens is 1. The summed E-state index contributed by atoms with van der Waals surface area (Å²) in [6.07, 6.45) is -1.53. The molecule has 1 N–H and O–H groups in total. The van der Waals surface area contributed by atoms with Crippen LogP contribution in [0.1, 0.15) is 11.1 Å². The summed E-state index contributed by atoms with van der Waals surface area (Å²) >= 11 is 3.03. The minimum atomic E-state index is -1.53. The van der Waals surface area contributed by atoms with Gasteiger partial charge < -0.3 is 9.84 Å². The third-order valence-electron chi connectivity index (χ3n) is 1.84. The molecule has 0 atom stereocenters. The molecule has 0 spiro atoms. The summed E-state index contributed by atoms with van der Waals surface area (Å²) in [6.45, 7) is -0.460. The normalized spacial score (nSPS) is 9.41. The highest BCUT2D eigenvalue weighted by Crippen LogP contribution is 2.29. The maximum absolute atomic E-state index is 10.8. The van der Waals surface area contributed by atoms with Gasteiger partial charge in [-0.2, -0.15) is 5.26 Å². The van der Waals surface area contributed by atoms with Crippen molar-refractivity contribution in [2.24, 2.45) is 0 Å². The van der Waals surface area contributed by atoms with Gasteiger partial charge >= 0.3 is 6.16 Å². The van der Waals surface area contributed by atoms with Gasteiger partial charge in [0.05, 0.1) is 22.1 Å². The van der Waals surface area contributed by atoms with Gasteiger partial charge in [-0.15, -0.1) is 0 Å². The van der Waals surface area contributed by atoms with Crippen molar-refractivity contribution in [2.75, 3.05) is 0 Å². The van der Waals surface area contributed by atoms with Crippen molar-refractivity contribution in [2.45, 2.75) is 6.61 Å². The maximum Gasteiger partial charge on any atom is 0.506 e. The van der Waals surface area contributed by atoms with Gasteiger partial charge in [-0.1, -0.05) is 15.9 Å². The van der Waals surface area contributed by atoms with Crippen molar-refractivity contribution in [1.29, 1.82) is 5.26 Å². The molecule has 1 aromatic carbocycles. The van der Waals surface area contributed by atoms with Crippen molar-refractivity contribution in [3.63, 3.8) is 0 Å². The Labute approximate surface area is 104 Å². The predicted octanol–water partition coefficient (Wildman–Crippen LogP) is 2.42. The third-order valence-corrected chi connectivity index (χ3v) is 2.55. The molecule has 0 aromatic heterocycles. The predicted molar refractivity (Wildman–Crippen MR) is 58.3 cm³/mol. The van der Waals surface area contributed by atoms with Crippen LogP contribution in [0.15, 0.2) is 16.6 Å². The van der Waals surface area contributed by atoms with Gasteiger partial charge in [-0.05, 0) is 6.07 Å². The molecule has 0 unspecified atom stereocenters. The van der Waals surface area contributed by atoms with E-state index in [4.69, 9.17) is 10.4 Å². The van der Waals surface area contributed by atoms with E-state index in [2.05, 4.69) is 20.7 Å². The van der Waals surface area contributed by atoms with Crippen molar-refractivity contribution in [1.82, 2.24) is 0 Å². The van der Waals surface area contributed by atoms with Crippen molar-refractivity contribution in [3.05, 3.63) is 37.8 Å². The molecule has 1 aromatic rings. The largest absolute Gasteiger partial charge is 0.506 e. The number of nitro groups is 1. The van der Waals surface area contributed by atoms with E-state index >= 15 is 0 Å². The van der Waals surface area contributed by atoms with Gasteiger partial charge in [0.25, 0.3) is 5.69 Å². The van der Waals surface area contributed by atoms with Gasteiger partial charge in [-0.25, -0.2) is 4.79 Å². The topological polar surface area (TPSA) is 113 Å². The fourth-order valence-electron chi connectivity index (χ4n) is 1.13. The molecule has 17 heavy (non-hydrogen) atoms. The molecule has 0 amide bonds. The lowest BCUT2D eigenvalue weighted by Gasteiger charge is -2.05. The van der Waals surface area contributed by atoms with Crippen LogP contribution in [0.2, 0.25) is 0 Å². The first kappa shape index (κ1) is 12.9. The number of carboxylic acid groups (broad SMARTS) is 1. The molecule has 0 bridgehead atoms. The van der Waals surface area contributed by atoms with Gasteiger partial charge in [0, 0.05) is 10.5 Å². The summed E-state index contributed by atoms with van der Waals surface area (Å²) < 4.78 is 4.53. The Balaban J connectivity index is 3.23. The van der Waals surface area contributed by atoms with Gasteiger partial charge in [0.1, 0.15) is 6.61 Å². The standard InChI is InChI=1S/C9H5BrN2O5/c10-7-1-5(3-11)2-8(12(15)16)6(7)4-17-9(13)14/h1-2H,4H2,(H,13,14). The quantitative estimate of drug-likeness (QED) is 0.521. The third kappa shape index (κ3) is 3.15. The molecule has 7 nitrogen and oxygen atoms in total. The van der Waals surface area contributed by atoms with E-state index in [1.807, 2.05) is 0 Å². The fraction of sp³-hybridized carbons (Fsp3) is 0.111. The molecule has 88 valence electrons. The minimum absolute atomic E-state index is 0.0661. The van der Waals surface area contributed by atoms with Crippen LogP contribution in [-0.4, -0.2) is 16.2 Å². The van der Waals surface area contributed by atoms with E-state index in [0.717, 1.165) is 6.07 Å². The molecule has 1 rings (SSSR count). The van der Waals surface area contributed by atoms with E-state index in [9.17, 15) is 14.9 Å². The van der Waals surface area contributed by atoms with Crippen LogP contribution in [0.25, 0.3) is 0 Å². The molecule has 0 heterocycles. The molecule has 0 saturated carbocycles. The number of hydrogen-bond donors (Lipinski definition) is 1. The van der Waals surface area contributed by atoms with Gasteiger partial charge in [-0.3, -0.25) is 10.1 Å². The van der Waals surface area contributed by atoms with Crippen LogP contribution >= 0.6 is 15.9 Å². The molecule has 0 radical (unpaired) electrons. The van der Waals surface area contributed by atoms with Crippen LogP contribution < -0.4 is 0 Å². The van der Waals surface area contributed by atoms with Crippen molar-refractivity contribution in [3.8, 4) is 6.07 Å². The molecule has 0 aliphatic heterocycles. The Hall–Kier alpha value is -2.14. The summed E-state index contributed by atoms with van der Waals surface area (Å²) in [5, 5.41) is 27.8. The highest BCUT2D eigenvalue weighted by molar-refractivity contribution is 9.10. The van der Waals surface area contributed by atoms with E-state index in [1.54, 1.807) is 6.07 Å². The molecule has 0 aliphatic rings. The number of nitrogens with zero attached hydrogens (tertiary/aromatic N) is 2. The Bertz CT molecular complexity index is 523. The Morgan fingerprint density at radius 2 is 2.29 bits per heavy atom. The van der Waals surface area contributed by atoms with Crippen LogP contribution in [0, 0.1) is 21.4 Å². The first-order valence-corrected chi connectivity index (χ1v) is 4.97. The zero-order chi connectivity index (χ0) is 13.0. The van der Waals surface area contributed by atoms with Gasteiger partial charge in [0.2, 0.25) is 0 Å². The van der Waals surface area contributed by atoms with E-state index in [1.165, 1.54) is 6.07 Å². The monoisotopic (exact) mass is 300 g/mol. The average Bonchev–Trinajstić information content (AvgIpc) is 2.25. The van der Waals surface area contributed by atoms with E-state index in [0.29, 0.717) is 0 Å². The van der Waals surface area contributed by atoms with Crippen LogP contribution in [0.5, 0.6) is 0 Å². The SMILES string of the molecule is N#Cc1cc(Br)c(COC(=O)O)c([N+](=O)[O-])c1. The summed E-state index contributed by atoms with van der Waals surface area (Å²) in [7, 11) is 0. The van der Waals surface area contributed by atoms with Crippen LogP contribution in [0.4, 0.5) is 10.5 Å². The molecule has 0 saturated heterocycles. The molecule has 0 fully saturated rings. The fourth-order valence-corrected chi connectivity index (χ4v) is 1.69. The summed E-state index contributed by atoms with van der Waals surface area (Å²) in [6, 6.07) is 4.18. The van der Waals surface area contributed by atoms with E-state index in [-0.39, 0.29) is 21.3 Å². The zero-order valence-corrected chi connectivity index (χ0v) is 9.80. The number of nitriles is 1. The Morgan fingerprint density at radius 3 is 2.76 bits per heavy atom. The maximum atomic E-state index is 10.8. The van der Waals surface area contributed by atoms with E-state index < -0.39 is 17.7 Å². The number of nitro benzene ring substituents is 1. The van der Waals surface area contributed by atoms with Crippen LogP contribution in [0.3, 0.4) is 0 Å². The molecule has 0 aliphatic carbocycles. The molecular weight excluding hydrogens is 296 g/mol. The summed E-state index contributed by atoms with van der Waals surface area (Å²) in [4.78, 5) is 20.3. The second-order valence-electron chi connectivity index (χ2n) is 2.88. The highest BCUT2D eigenvalue weighted by atomic mass is 79.9. The van der Waals surface area contributed by atoms with Crippen molar-refractivity contribution < 1.29 is 19.6 Å². The number of hydrogen-bond acceptors (Lipinski definition) is 5. The number of ether oxygens (including phenoxy) is 1. The number of rotatable bonds is 3. The first-order valence-electron chi connectivity index (χ1n) is 4.18. The number of benzene rings is 1.